The van der Waals surface area contributed by atoms with E-state index in [9.17, 15) is 0 Å². The van der Waals surface area contributed by atoms with Crippen molar-refractivity contribution in [3.63, 3.8) is 0 Å². The molecule has 1 saturated heterocycles. The number of hydrogen-bond acceptors (Lipinski definition) is 2. The molecular weight excluding hydrogens is 222 g/mol. The summed E-state index contributed by atoms with van der Waals surface area (Å²) in [6, 6.07) is 8.69. The summed E-state index contributed by atoms with van der Waals surface area (Å²) in [7, 11) is 2.10. The first-order valence-electron chi connectivity index (χ1n) is 5.57. The smallest absolute Gasteiger partial charge is 0.103 e. The molecule has 1 radical (unpaired) electrons. The first-order valence-corrected chi connectivity index (χ1v) is 6.01. The minimum atomic E-state index is -0.0432. The van der Waals surface area contributed by atoms with Gasteiger partial charge < -0.3 is 9.64 Å². The van der Waals surface area contributed by atoms with Gasteiger partial charge in [-0.05, 0) is 25.0 Å². The molecule has 1 heterocycles. The Kier molecular flexibility index (Phi) is 3.72. The van der Waals surface area contributed by atoms with Crippen molar-refractivity contribution in [1.82, 2.24) is 0 Å². The molecule has 2 rings (SSSR count). The number of para-hydroxylation sites is 1. The summed E-state index contributed by atoms with van der Waals surface area (Å²) in [5.74, 6) is 0. The molecular formula is C13H17ClNO. The van der Waals surface area contributed by atoms with E-state index in [1.165, 1.54) is 11.3 Å². The summed E-state index contributed by atoms with van der Waals surface area (Å²) in [6.45, 7) is 4.62. The maximum atomic E-state index is 6.26. The predicted molar refractivity (Wildman–Crippen MR) is 67.9 cm³/mol. The molecule has 3 heteroatoms. The molecule has 0 saturated carbocycles. The molecule has 1 aliphatic heterocycles. The maximum absolute atomic E-state index is 6.26. The average Bonchev–Trinajstić information content (AvgIpc) is 2.29. The largest absolute Gasteiger partial charge is 0.374 e. The maximum Gasteiger partial charge on any atom is 0.103 e. The van der Waals surface area contributed by atoms with Gasteiger partial charge in [0.05, 0.1) is 5.38 Å². The lowest BCUT2D eigenvalue weighted by atomic mass is 10.0. The van der Waals surface area contributed by atoms with Crippen LogP contribution < -0.4 is 4.90 Å². The summed E-state index contributed by atoms with van der Waals surface area (Å²) < 4.78 is 5.24. The molecule has 87 valence electrons. The minimum absolute atomic E-state index is 0.0432. The van der Waals surface area contributed by atoms with Crippen LogP contribution in [0.2, 0.25) is 0 Å². The highest BCUT2D eigenvalue weighted by Crippen LogP contribution is 2.27. The Morgan fingerprint density at radius 1 is 1.38 bits per heavy atom. The second kappa shape index (κ2) is 5.07. The fourth-order valence-corrected chi connectivity index (χ4v) is 2.51. The van der Waals surface area contributed by atoms with E-state index in [2.05, 4.69) is 43.1 Å². The normalized spacial score (nSPS) is 25.4. The van der Waals surface area contributed by atoms with Crippen LogP contribution in [0.4, 0.5) is 5.69 Å². The summed E-state index contributed by atoms with van der Waals surface area (Å²) in [5, 5.41) is -0.0432. The van der Waals surface area contributed by atoms with Crippen molar-refractivity contribution in [3.8, 4) is 0 Å². The van der Waals surface area contributed by atoms with Gasteiger partial charge in [-0.2, -0.15) is 0 Å². The molecule has 0 aromatic heterocycles. The van der Waals surface area contributed by atoms with Gasteiger partial charge in [0.2, 0.25) is 0 Å². The van der Waals surface area contributed by atoms with Crippen LogP contribution in [0.25, 0.3) is 0 Å². The predicted octanol–water partition coefficient (Wildman–Crippen LogP) is 2.99. The SMILES string of the molecule is Cc1ccccc1N(C)C1CCO[CH]C1Cl. The van der Waals surface area contributed by atoms with Crippen molar-refractivity contribution in [2.24, 2.45) is 0 Å². The van der Waals surface area contributed by atoms with Crippen LogP contribution >= 0.6 is 11.6 Å². The highest BCUT2D eigenvalue weighted by molar-refractivity contribution is 6.22. The number of rotatable bonds is 2. The third kappa shape index (κ3) is 2.33. The van der Waals surface area contributed by atoms with E-state index in [0.29, 0.717) is 6.04 Å². The molecule has 2 unspecified atom stereocenters. The third-order valence-corrected chi connectivity index (χ3v) is 3.51. The Morgan fingerprint density at radius 2 is 2.12 bits per heavy atom. The lowest BCUT2D eigenvalue weighted by Gasteiger charge is -2.36. The number of alkyl halides is 1. The minimum Gasteiger partial charge on any atom is -0.374 e. The van der Waals surface area contributed by atoms with E-state index >= 15 is 0 Å². The summed E-state index contributed by atoms with van der Waals surface area (Å²) in [5.41, 5.74) is 2.52. The molecule has 0 amide bonds. The highest BCUT2D eigenvalue weighted by atomic mass is 35.5. The molecule has 2 atom stereocenters. The first-order chi connectivity index (χ1) is 7.70. The van der Waals surface area contributed by atoms with Crippen molar-refractivity contribution in [3.05, 3.63) is 36.4 Å². The third-order valence-electron chi connectivity index (χ3n) is 3.12. The molecule has 1 aliphatic rings. The Labute approximate surface area is 102 Å². The van der Waals surface area contributed by atoms with Gasteiger partial charge in [-0.3, -0.25) is 0 Å². The van der Waals surface area contributed by atoms with E-state index in [-0.39, 0.29) is 5.38 Å². The number of halogens is 1. The van der Waals surface area contributed by atoms with E-state index in [1.54, 1.807) is 6.61 Å². The summed E-state index contributed by atoms with van der Waals surface area (Å²) in [6.07, 6.45) is 0.968. The van der Waals surface area contributed by atoms with Gasteiger partial charge in [-0.15, -0.1) is 11.6 Å². The number of hydrogen-bond donors (Lipinski definition) is 0. The van der Waals surface area contributed by atoms with Crippen LogP contribution in [0.5, 0.6) is 0 Å². The van der Waals surface area contributed by atoms with Gasteiger partial charge in [0.1, 0.15) is 6.61 Å². The lowest BCUT2D eigenvalue weighted by Crippen LogP contribution is -2.43. The monoisotopic (exact) mass is 238 g/mol. The van der Waals surface area contributed by atoms with Crippen LogP contribution in [0.1, 0.15) is 12.0 Å². The Morgan fingerprint density at radius 3 is 2.81 bits per heavy atom. The number of anilines is 1. The van der Waals surface area contributed by atoms with E-state index < -0.39 is 0 Å². The number of ether oxygens (including phenoxy) is 1. The topological polar surface area (TPSA) is 12.5 Å². The van der Waals surface area contributed by atoms with Gasteiger partial charge in [0, 0.05) is 25.4 Å². The van der Waals surface area contributed by atoms with Gasteiger partial charge in [0.25, 0.3) is 0 Å². The quantitative estimate of drug-likeness (QED) is 0.735. The molecule has 0 N–H and O–H groups in total. The van der Waals surface area contributed by atoms with Crippen molar-refractivity contribution < 1.29 is 4.74 Å². The molecule has 0 spiro atoms. The summed E-state index contributed by atoms with van der Waals surface area (Å²) >= 11 is 6.26. The molecule has 2 nitrogen and oxygen atoms in total. The van der Waals surface area contributed by atoms with Crippen LogP contribution in [-0.4, -0.2) is 25.1 Å². The highest BCUT2D eigenvalue weighted by Gasteiger charge is 2.28. The zero-order valence-electron chi connectivity index (χ0n) is 9.69. The van der Waals surface area contributed by atoms with Crippen LogP contribution in [-0.2, 0) is 4.74 Å². The molecule has 0 bridgehead atoms. The molecule has 0 aliphatic carbocycles. The van der Waals surface area contributed by atoms with E-state index in [0.717, 1.165) is 13.0 Å². The number of benzene rings is 1. The van der Waals surface area contributed by atoms with Crippen LogP contribution in [0.15, 0.2) is 24.3 Å². The molecule has 1 aromatic rings. The molecule has 16 heavy (non-hydrogen) atoms. The fourth-order valence-electron chi connectivity index (χ4n) is 2.14. The Balaban J connectivity index is 2.17. The van der Waals surface area contributed by atoms with Crippen LogP contribution in [0, 0.1) is 13.5 Å². The van der Waals surface area contributed by atoms with Gasteiger partial charge in [-0.25, -0.2) is 0 Å². The Hall–Kier alpha value is -0.730. The first kappa shape index (κ1) is 11.7. The van der Waals surface area contributed by atoms with Crippen molar-refractivity contribution >= 4 is 17.3 Å². The van der Waals surface area contributed by atoms with Gasteiger partial charge >= 0.3 is 0 Å². The van der Waals surface area contributed by atoms with Crippen LogP contribution in [0.3, 0.4) is 0 Å². The number of nitrogens with zero attached hydrogens (tertiary/aromatic N) is 1. The molecule has 1 aromatic carbocycles. The fraction of sp³-hybridized carbons (Fsp3) is 0.462. The average molecular weight is 239 g/mol. The van der Waals surface area contributed by atoms with Gasteiger partial charge in [0.15, 0.2) is 0 Å². The van der Waals surface area contributed by atoms with E-state index in [4.69, 9.17) is 16.3 Å². The second-order valence-electron chi connectivity index (χ2n) is 4.20. The Bertz CT molecular complexity index is 356. The van der Waals surface area contributed by atoms with E-state index in [1.807, 2.05) is 0 Å². The number of aryl methyl sites for hydroxylation is 1. The van der Waals surface area contributed by atoms with Crippen molar-refractivity contribution in [2.75, 3.05) is 18.6 Å². The van der Waals surface area contributed by atoms with Crippen molar-refractivity contribution in [1.29, 1.82) is 0 Å². The zero-order chi connectivity index (χ0) is 11.5. The standard InChI is InChI=1S/C13H17ClNO/c1-10-5-3-4-6-12(10)15(2)13-7-8-16-9-11(13)14/h3-6,9,11,13H,7-8H2,1-2H3. The lowest BCUT2D eigenvalue weighted by molar-refractivity contribution is 0.145. The zero-order valence-corrected chi connectivity index (χ0v) is 10.4. The summed E-state index contributed by atoms with van der Waals surface area (Å²) in [4.78, 5) is 2.26. The second-order valence-corrected chi connectivity index (χ2v) is 4.71. The van der Waals surface area contributed by atoms with Gasteiger partial charge in [-0.1, -0.05) is 18.2 Å². The van der Waals surface area contributed by atoms with Crippen molar-refractivity contribution in [2.45, 2.75) is 24.8 Å². The molecule has 1 fully saturated rings.